The van der Waals surface area contributed by atoms with Crippen molar-refractivity contribution in [2.45, 2.75) is 57.4 Å². The van der Waals surface area contributed by atoms with Crippen molar-refractivity contribution in [1.29, 1.82) is 0 Å². The summed E-state index contributed by atoms with van der Waals surface area (Å²) in [7, 11) is -3.51. The number of nitrogens with zero attached hydrogens (tertiary/aromatic N) is 3. The monoisotopic (exact) mass is 407 g/mol. The molecule has 6 nitrogen and oxygen atoms in total. The lowest BCUT2D eigenvalue weighted by Gasteiger charge is -2.40. The standard InChI is InChI=1S/C21H33N3O3S/c1-4-10-22-11-6-5-7-20(22)21(25)23-12-14-24(15-13-23)28(26,27)19-9-8-17(2)18(3)16-19/h8-9,16,20H,4-7,10-15H2,1-3H3. The average molecular weight is 408 g/mol. The number of piperidine rings is 1. The molecule has 0 N–H and O–H groups in total. The van der Waals surface area contributed by atoms with Gasteiger partial charge in [-0.25, -0.2) is 8.42 Å². The summed E-state index contributed by atoms with van der Waals surface area (Å²) < 4.78 is 27.5. The molecule has 1 atom stereocenters. The quantitative estimate of drug-likeness (QED) is 0.752. The first-order chi connectivity index (χ1) is 13.3. The number of amides is 1. The zero-order valence-corrected chi connectivity index (χ0v) is 18.2. The van der Waals surface area contributed by atoms with Gasteiger partial charge in [0.15, 0.2) is 0 Å². The zero-order chi connectivity index (χ0) is 20.3. The van der Waals surface area contributed by atoms with Crippen LogP contribution in [0.1, 0.15) is 43.7 Å². The molecule has 3 rings (SSSR count). The summed E-state index contributed by atoms with van der Waals surface area (Å²) in [5.41, 5.74) is 2.06. The van der Waals surface area contributed by atoms with Crippen molar-refractivity contribution in [3.05, 3.63) is 29.3 Å². The minimum absolute atomic E-state index is 0.0309. The van der Waals surface area contributed by atoms with E-state index in [1.165, 1.54) is 4.31 Å². The third-order valence-electron chi connectivity index (χ3n) is 6.08. The number of piperazine rings is 1. The van der Waals surface area contributed by atoms with Crippen LogP contribution < -0.4 is 0 Å². The molecule has 2 heterocycles. The Kier molecular flexibility index (Phi) is 6.78. The Morgan fingerprint density at radius 1 is 1.04 bits per heavy atom. The second kappa shape index (κ2) is 8.93. The predicted molar refractivity (Wildman–Crippen MR) is 111 cm³/mol. The topological polar surface area (TPSA) is 60.9 Å². The summed E-state index contributed by atoms with van der Waals surface area (Å²) >= 11 is 0. The van der Waals surface area contributed by atoms with E-state index in [9.17, 15) is 13.2 Å². The molecule has 7 heteroatoms. The average Bonchev–Trinajstić information content (AvgIpc) is 2.70. The van der Waals surface area contributed by atoms with E-state index in [1.54, 1.807) is 12.1 Å². The number of benzene rings is 1. The molecule has 0 aliphatic carbocycles. The summed E-state index contributed by atoms with van der Waals surface area (Å²) in [6.07, 6.45) is 4.22. The first-order valence-electron chi connectivity index (χ1n) is 10.4. The van der Waals surface area contributed by atoms with Crippen molar-refractivity contribution in [3.63, 3.8) is 0 Å². The minimum atomic E-state index is -3.51. The molecule has 28 heavy (non-hydrogen) atoms. The fourth-order valence-electron chi connectivity index (χ4n) is 4.21. The maximum Gasteiger partial charge on any atom is 0.243 e. The van der Waals surface area contributed by atoms with Gasteiger partial charge in [0.05, 0.1) is 10.9 Å². The van der Waals surface area contributed by atoms with Crippen molar-refractivity contribution in [3.8, 4) is 0 Å². The van der Waals surface area contributed by atoms with Crippen LogP contribution in [-0.2, 0) is 14.8 Å². The predicted octanol–water partition coefficient (Wildman–Crippen LogP) is 2.40. The number of likely N-dealkylation sites (tertiary alicyclic amines) is 1. The molecule has 0 saturated carbocycles. The zero-order valence-electron chi connectivity index (χ0n) is 17.4. The molecule has 2 saturated heterocycles. The van der Waals surface area contributed by atoms with Crippen LogP contribution in [0.5, 0.6) is 0 Å². The number of hydrogen-bond acceptors (Lipinski definition) is 4. The van der Waals surface area contributed by atoms with E-state index >= 15 is 0 Å². The smallest absolute Gasteiger partial charge is 0.243 e. The van der Waals surface area contributed by atoms with E-state index in [-0.39, 0.29) is 11.9 Å². The Labute approximate surface area is 169 Å². The number of rotatable bonds is 5. The summed E-state index contributed by atoms with van der Waals surface area (Å²) in [5.74, 6) is 0.177. The first-order valence-corrected chi connectivity index (χ1v) is 11.9. The number of carbonyl (C=O) groups excluding carboxylic acids is 1. The first kappa shape index (κ1) is 21.3. The molecule has 1 amide bonds. The number of sulfonamides is 1. The number of carbonyl (C=O) groups is 1. The molecular weight excluding hydrogens is 374 g/mol. The van der Waals surface area contributed by atoms with Crippen LogP contribution in [0.15, 0.2) is 23.1 Å². The molecule has 0 bridgehead atoms. The van der Waals surface area contributed by atoms with E-state index < -0.39 is 10.0 Å². The number of aryl methyl sites for hydroxylation is 2. The number of hydrogen-bond donors (Lipinski definition) is 0. The van der Waals surface area contributed by atoms with Gasteiger partial charge in [-0.2, -0.15) is 4.31 Å². The van der Waals surface area contributed by atoms with Crippen LogP contribution in [0, 0.1) is 13.8 Å². The van der Waals surface area contributed by atoms with Crippen molar-refractivity contribution in [2.24, 2.45) is 0 Å². The molecule has 0 radical (unpaired) electrons. The Bertz CT molecular complexity index is 799. The molecule has 1 aromatic carbocycles. The molecule has 2 aliphatic rings. The van der Waals surface area contributed by atoms with Crippen molar-refractivity contribution >= 4 is 15.9 Å². The van der Waals surface area contributed by atoms with E-state index in [0.717, 1.165) is 49.9 Å². The Hall–Kier alpha value is -1.44. The highest BCUT2D eigenvalue weighted by atomic mass is 32.2. The molecular formula is C21H33N3O3S. The molecule has 2 aliphatic heterocycles. The fraction of sp³-hybridized carbons (Fsp3) is 0.667. The highest BCUT2D eigenvalue weighted by molar-refractivity contribution is 7.89. The summed E-state index contributed by atoms with van der Waals surface area (Å²) in [4.78, 5) is 17.6. The van der Waals surface area contributed by atoms with E-state index in [4.69, 9.17) is 0 Å². The van der Waals surface area contributed by atoms with E-state index in [0.29, 0.717) is 31.1 Å². The highest BCUT2D eigenvalue weighted by Gasteiger charge is 2.35. The van der Waals surface area contributed by atoms with Crippen molar-refractivity contribution < 1.29 is 13.2 Å². The van der Waals surface area contributed by atoms with Gasteiger partial charge in [0, 0.05) is 26.2 Å². The molecule has 156 valence electrons. The molecule has 1 aromatic rings. The van der Waals surface area contributed by atoms with E-state index in [1.807, 2.05) is 24.8 Å². The Morgan fingerprint density at radius 3 is 2.39 bits per heavy atom. The third-order valence-corrected chi connectivity index (χ3v) is 7.97. The van der Waals surface area contributed by atoms with Gasteiger partial charge in [-0.05, 0) is 69.5 Å². The SMILES string of the molecule is CCCN1CCCCC1C(=O)N1CCN(S(=O)(=O)c2ccc(C)c(C)c2)CC1. The fourth-order valence-corrected chi connectivity index (χ4v) is 5.72. The van der Waals surface area contributed by atoms with Crippen LogP contribution in [0.3, 0.4) is 0 Å². The lowest BCUT2D eigenvalue weighted by atomic mass is 10.0. The normalized spacial score (nSPS) is 22.4. The van der Waals surface area contributed by atoms with Gasteiger partial charge in [-0.15, -0.1) is 0 Å². The van der Waals surface area contributed by atoms with Crippen molar-refractivity contribution in [1.82, 2.24) is 14.1 Å². The van der Waals surface area contributed by atoms with Crippen LogP contribution in [0.2, 0.25) is 0 Å². The molecule has 0 aromatic heterocycles. The highest BCUT2D eigenvalue weighted by Crippen LogP contribution is 2.23. The Morgan fingerprint density at radius 2 is 1.75 bits per heavy atom. The van der Waals surface area contributed by atoms with E-state index in [2.05, 4.69) is 11.8 Å². The third kappa shape index (κ3) is 4.42. The maximum atomic E-state index is 13.1. The largest absolute Gasteiger partial charge is 0.339 e. The van der Waals surface area contributed by atoms with Crippen LogP contribution in [-0.4, -0.2) is 73.7 Å². The molecule has 1 unspecified atom stereocenters. The van der Waals surface area contributed by atoms with Crippen LogP contribution in [0.25, 0.3) is 0 Å². The summed E-state index contributed by atoms with van der Waals surface area (Å²) in [6, 6.07) is 5.25. The van der Waals surface area contributed by atoms with Gasteiger partial charge >= 0.3 is 0 Å². The van der Waals surface area contributed by atoms with Crippen molar-refractivity contribution in [2.75, 3.05) is 39.3 Å². The van der Waals surface area contributed by atoms with Crippen LogP contribution in [0.4, 0.5) is 0 Å². The lowest BCUT2D eigenvalue weighted by Crippen LogP contribution is -2.56. The summed E-state index contributed by atoms with van der Waals surface area (Å²) in [6.45, 7) is 9.66. The van der Waals surface area contributed by atoms with Gasteiger partial charge in [0.1, 0.15) is 0 Å². The van der Waals surface area contributed by atoms with Gasteiger partial charge in [-0.3, -0.25) is 9.69 Å². The Balaban J connectivity index is 1.64. The summed E-state index contributed by atoms with van der Waals surface area (Å²) in [5, 5.41) is 0. The van der Waals surface area contributed by atoms with Gasteiger partial charge in [-0.1, -0.05) is 19.4 Å². The molecule has 2 fully saturated rings. The molecule has 0 spiro atoms. The van der Waals surface area contributed by atoms with Gasteiger partial charge < -0.3 is 4.90 Å². The van der Waals surface area contributed by atoms with Gasteiger partial charge in [0.25, 0.3) is 0 Å². The second-order valence-corrected chi connectivity index (χ2v) is 9.96. The second-order valence-electron chi connectivity index (χ2n) is 8.02. The maximum absolute atomic E-state index is 13.1. The lowest BCUT2D eigenvalue weighted by molar-refractivity contribution is -0.139. The minimum Gasteiger partial charge on any atom is -0.339 e. The van der Waals surface area contributed by atoms with Crippen LogP contribution >= 0.6 is 0 Å². The van der Waals surface area contributed by atoms with Gasteiger partial charge in [0.2, 0.25) is 15.9 Å².